The Morgan fingerprint density at radius 1 is 1.55 bits per heavy atom. The van der Waals surface area contributed by atoms with Crippen molar-refractivity contribution in [3.05, 3.63) is 12.4 Å². The van der Waals surface area contributed by atoms with Gasteiger partial charge in [0, 0.05) is 19.2 Å². The van der Waals surface area contributed by atoms with Gasteiger partial charge in [-0.3, -0.25) is 14.3 Å². The van der Waals surface area contributed by atoms with Gasteiger partial charge in [0.05, 0.1) is 37.6 Å². The van der Waals surface area contributed by atoms with E-state index in [-0.39, 0.29) is 30.8 Å². The second-order valence-electron chi connectivity index (χ2n) is 4.58. The van der Waals surface area contributed by atoms with Gasteiger partial charge in [0.25, 0.3) is 0 Å². The van der Waals surface area contributed by atoms with Crippen LogP contribution in [0.2, 0.25) is 0 Å². The molecule has 2 heterocycles. The molecule has 1 atom stereocenters. The third-order valence-electron chi connectivity index (χ3n) is 3.03. The number of ether oxygens (including phenoxy) is 2. The Labute approximate surface area is 117 Å². The summed E-state index contributed by atoms with van der Waals surface area (Å²) >= 11 is 0. The van der Waals surface area contributed by atoms with Crippen molar-refractivity contribution in [2.45, 2.75) is 32.2 Å². The van der Waals surface area contributed by atoms with Crippen LogP contribution >= 0.6 is 0 Å². The molecule has 1 aromatic heterocycles. The number of amides is 1. The molecule has 20 heavy (non-hydrogen) atoms. The van der Waals surface area contributed by atoms with E-state index in [0.29, 0.717) is 18.9 Å². The number of hydrogen-bond acceptors (Lipinski definition) is 5. The summed E-state index contributed by atoms with van der Waals surface area (Å²) in [4.78, 5) is 22.8. The SMILES string of the molecule is CCOC(=O)CCC(=O)Nc1cnn(C2CCOC2)c1. The standard InChI is InChI=1S/C13H19N3O4/c1-2-20-13(18)4-3-12(17)15-10-7-14-16(8-10)11-5-6-19-9-11/h7-8,11H,2-6,9H2,1H3,(H,15,17). The van der Waals surface area contributed by atoms with E-state index >= 15 is 0 Å². The summed E-state index contributed by atoms with van der Waals surface area (Å²) in [5.41, 5.74) is 0.630. The third kappa shape index (κ3) is 4.06. The Balaban J connectivity index is 1.78. The van der Waals surface area contributed by atoms with Crippen molar-refractivity contribution in [2.24, 2.45) is 0 Å². The van der Waals surface area contributed by atoms with Crippen molar-refractivity contribution in [2.75, 3.05) is 25.1 Å². The molecule has 2 rings (SSSR count). The molecule has 1 saturated heterocycles. The van der Waals surface area contributed by atoms with Gasteiger partial charge in [-0.15, -0.1) is 0 Å². The van der Waals surface area contributed by atoms with Gasteiger partial charge in [-0.25, -0.2) is 0 Å². The van der Waals surface area contributed by atoms with Gasteiger partial charge >= 0.3 is 5.97 Å². The first kappa shape index (κ1) is 14.5. The first-order valence-electron chi connectivity index (χ1n) is 6.76. The van der Waals surface area contributed by atoms with E-state index in [2.05, 4.69) is 10.4 Å². The molecule has 0 aliphatic carbocycles. The molecule has 1 unspecified atom stereocenters. The maximum Gasteiger partial charge on any atom is 0.306 e. The predicted molar refractivity (Wildman–Crippen MR) is 71.2 cm³/mol. The minimum absolute atomic E-state index is 0.0876. The number of rotatable bonds is 6. The summed E-state index contributed by atoms with van der Waals surface area (Å²) in [6.07, 6.45) is 4.50. The van der Waals surface area contributed by atoms with Crippen LogP contribution in [0.3, 0.4) is 0 Å². The van der Waals surface area contributed by atoms with Crippen molar-refractivity contribution < 1.29 is 19.1 Å². The van der Waals surface area contributed by atoms with Crippen LogP contribution in [-0.4, -0.2) is 41.5 Å². The van der Waals surface area contributed by atoms with Crippen LogP contribution in [-0.2, 0) is 19.1 Å². The van der Waals surface area contributed by atoms with Gasteiger partial charge in [-0.05, 0) is 13.3 Å². The van der Waals surface area contributed by atoms with E-state index in [0.717, 1.165) is 13.0 Å². The number of nitrogens with one attached hydrogen (secondary N) is 1. The largest absolute Gasteiger partial charge is 0.466 e. The smallest absolute Gasteiger partial charge is 0.306 e. The monoisotopic (exact) mass is 281 g/mol. The van der Waals surface area contributed by atoms with Crippen LogP contribution in [0.25, 0.3) is 0 Å². The highest BCUT2D eigenvalue weighted by molar-refractivity contribution is 5.92. The molecule has 0 spiro atoms. The summed E-state index contributed by atoms with van der Waals surface area (Å²) in [5.74, 6) is -0.582. The molecule has 7 heteroatoms. The van der Waals surface area contributed by atoms with Crippen LogP contribution in [0.5, 0.6) is 0 Å². The Morgan fingerprint density at radius 3 is 3.10 bits per heavy atom. The van der Waals surface area contributed by atoms with E-state index in [1.165, 1.54) is 0 Å². The fourth-order valence-electron chi connectivity index (χ4n) is 2.01. The molecular weight excluding hydrogens is 262 g/mol. The first-order chi connectivity index (χ1) is 9.69. The van der Waals surface area contributed by atoms with Gasteiger partial charge in [0.1, 0.15) is 0 Å². The summed E-state index contributed by atoms with van der Waals surface area (Å²) in [6.45, 7) is 3.46. The number of carbonyl (C=O) groups is 2. The lowest BCUT2D eigenvalue weighted by Crippen LogP contribution is -2.14. The lowest BCUT2D eigenvalue weighted by molar-refractivity contribution is -0.144. The molecule has 0 radical (unpaired) electrons. The molecule has 1 aliphatic heterocycles. The Morgan fingerprint density at radius 2 is 2.40 bits per heavy atom. The van der Waals surface area contributed by atoms with Crippen LogP contribution in [0.1, 0.15) is 32.2 Å². The van der Waals surface area contributed by atoms with Crippen LogP contribution < -0.4 is 5.32 Å². The Hall–Kier alpha value is -1.89. The zero-order valence-electron chi connectivity index (χ0n) is 11.5. The van der Waals surface area contributed by atoms with E-state index in [1.54, 1.807) is 24.0 Å². The summed E-state index contributed by atoms with van der Waals surface area (Å²) in [5, 5.41) is 6.92. The average molecular weight is 281 g/mol. The van der Waals surface area contributed by atoms with Gasteiger partial charge in [0.15, 0.2) is 0 Å². The maximum atomic E-state index is 11.7. The Kier molecular flexibility index (Phi) is 5.11. The number of hydrogen-bond donors (Lipinski definition) is 1. The second-order valence-corrected chi connectivity index (χ2v) is 4.58. The molecule has 1 aromatic rings. The number of aromatic nitrogens is 2. The minimum Gasteiger partial charge on any atom is -0.466 e. The molecule has 110 valence electrons. The molecule has 0 bridgehead atoms. The number of carbonyl (C=O) groups excluding carboxylic acids is 2. The number of esters is 1. The molecule has 1 fully saturated rings. The van der Waals surface area contributed by atoms with E-state index in [1.807, 2.05) is 0 Å². The molecule has 1 amide bonds. The second kappa shape index (κ2) is 7.04. The first-order valence-corrected chi connectivity index (χ1v) is 6.76. The summed E-state index contributed by atoms with van der Waals surface area (Å²) in [6, 6.07) is 0.236. The van der Waals surface area contributed by atoms with Crippen molar-refractivity contribution in [1.29, 1.82) is 0 Å². The fourth-order valence-corrected chi connectivity index (χ4v) is 2.01. The lowest BCUT2D eigenvalue weighted by atomic mass is 10.3. The van der Waals surface area contributed by atoms with Crippen molar-refractivity contribution >= 4 is 17.6 Å². The molecule has 7 nitrogen and oxygen atoms in total. The van der Waals surface area contributed by atoms with Gasteiger partial charge < -0.3 is 14.8 Å². The van der Waals surface area contributed by atoms with Crippen LogP contribution in [0, 0.1) is 0 Å². The van der Waals surface area contributed by atoms with Crippen LogP contribution in [0.15, 0.2) is 12.4 Å². The molecule has 1 N–H and O–H groups in total. The molecule has 1 aliphatic rings. The van der Waals surface area contributed by atoms with Crippen molar-refractivity contribution in [3.8, 4) is 0 Å². The zero-order valence-corrected chi connectivity index (χ0v) is 11.5. The highest BCUT2D eigenvalue weighted by Crippen LogP contribution is 2.19. The lowest BCUT2D eigenvalue weighted by Gasteiger charge is -2.07. The zero-order chi connectivity index (χ0) is 14.4. The maximum absolute atomic E-state index is 11.7. The van der Waals surface area contributed by atoms with Crippen LogP contribution in [0.4, 0.5) is 5.69 Å². The molecule has 0 aromatic carbocycles. The number of anilines is 1. The van der Waals surface area contributed by atoms with Gasteiger partial charge in [-0.2, -0.15) is 5.10 Å². The van der Waals surface area contributed by atoms with Crippen molar-refractivity contribution in [3.63, 3.8) is 0 Å². The quantitative estimate of drug-likeness (QED) is 0.790. The third-order valence-corrected chi connectivity index (χ3v) is 3.03. The summed E-state index contributed by atoms with van der Waals surface area (Å²) < 4.78 is 11.9. The van der Waals surface area contributed by atoms with Gasteiger partial charge in [0.2, 0.25) is 5.91 Å². The van der Waals surface area contributed by atoms with Crippen molar-refractivity contribution in [1.82, 2.24) is 9.78 Å². The van der Waals surface area contributed by atoms with E-state index in [4.69, 9.17) is 9.47 Å². The molecule has 0 saturated carbocycles. The van der Waals surface area contributed by atoms with E-state index < -0.39 is 0 Å². The fraction of sp³-hybridized carbons (Fsp3) is 0.615. The topological polar surface area (TPSA) is 82.5 Å². The summed E-state index contributed by atoms with van der Waals surface area (Å²) in [7, 11) is 0. The van der Waals surface area contributed by atoms with E-state index in [9.17, 15) is 9.59 Å². The highest BCUT2D eigenvalue weighted by atomic mass is 16.5. The average Bonchev–Trinajstić information content (AvgIpc) is 3.07. The normalized spacial score (nSPS) is 17.9. The predicted octanol–water partition coefficient (Wildman–Crippen LogP) is 1.13. The molecular formula is C13H19N3O4. The highest BCUT2D eigenvalue weighted by Gasteiger charge is 2.18. The Bertz CT molecular complexity index is 466. The minimum atomic E-state index is -0.360. The van der Waals surface area contributed by atoms with Gasteiger partial charge in [-0.1, -0.05) is 0 Å². The number of nitrogens with zero attached hydrogens (tertiary/aromatic N) is 2.